The van der Waals surface area contributed by atoms with Gasteiger partial charge in [0.15, 0.2) is 0 Å². The zero-order valence-corrected chi connectivity index (χ0v) is 13.7. The third kappa shape index (κ3) is 2.49. The Morgan fingerprint density at radius 2 is 1.64 bits per heavy atom. The van der Waals surface area contributed by atoms with E-state index in [2.05, 4.69) is 4.90 Å². The maximum Gasteiger partial charge on any atom is 0.243 e. The predicted octanol–water partition coefficient (Wildman–Crippen LogP) is 2.18. The summed E-state index contributed by atoms with van der Waals surface area (Å²) in [5, 5.41) is 0. The van der Waals surface area contributed by atoms with Crippen molar-refractivity contribution in [2.24, 2.45) is 11.8 Å². The van der Waals surface area contributed by atoms with Gasteiger partial charge in [0.25, 0.3) is 0 Å². The molecular weight excluding hydrogens is 296 g/mol. The van der Waals surface area contributed by atoms with Gasteiger partial charge in [-0.1, -0.05) is 24.6 Å². The maximum atomic E-state index is 12.7. The zero-order chi connectivity index (χ0) is 15.2. The van der Waals surface area contributed by atoms with E-state index in [1.54, 1.807) is 28.6 Å². The Balaban J connectivity index is 1.42. The molecule has 2 bridgehead atoms. The van der Waals surface area contributed by atoms with E-state index < -0.39 is 10.0 Å². The molecule has 1 saturated heterocycles. The molecule has 120 valence electrons. The fraction of sp³-hybridized carbons (Fsp3) is 0.647. The van der Waals surface area contributed by atoms with Crippen LogP contribution < -0.4 is 0 Å². The summed E-state index contributed by atoms with van der Waals surface area (Å²) < 4.78 is 27.0. The second-order valence-electron chi connectivity index (χ2n) is 7.00. The van der Waals surface area contributed by atoms with Gasteiger partial charge in [0, 0.05) is 32.2 Å². The lowest BCUT2D eigenvalue weighted by Crippen LogP contribution is -2.53. The van der Waals surface area contributed by atoms with E-state index in [-0.39, 0.29) is 0 Å². The molecule has 4 nitrogen and oxygen atoms in total. The van der Waals surface area contributed by atoms with Crippen molar-refractivity contribution in [3.05, 3.63) is 30.3 Å². The van der Waals surface area contributed by atoms with Crippen LogP contribution in [-0.4, -0.2) is 49.8 Å². The fourth-order valence-corrected chi connectivity index (χ4v) is 6.12. The standard InChI is InChI=1S/C17H24N2O2S/c20-22(21,16-4-2-1-3-5-16)19-10-8-18(9-11-19)17-13-14-6-7-15(17)12-14/h1-5,14-15,17H,6-13H2/t14-,15+,17-/m0/s1. The number of piperazine rings is 1. The summed E-state index contributed by atoms with van der Waals surface area (Å²) in [6, 6.07) is 9.54. The molecule has 0 amide bonds. The van der Waals surface area contributed by atoms with Crippen LogP contribution in [0.5, 0.6) is 0 Å². The minimum atomic E-state index is -3.31. The van der Waals surface area contributed by atoms with E-state index in [4.69, 9.17) is 0 Å². The maximum absolute atomic E-state index is 12.7. The van der Waals surface area contributed by atoms with E-state index in [0.717, 1.165) is 31.0 Å². The van der Waals surface area contributed by atoms with Gasteiger partial charge in [-0.25, -0.2) is 8.42 Å². The van der Waals surface area contributed by atoms with Gasteiger partial charge in [-0.15, -0.1) is 0 Å². The SMILES string of the molecule is O=S(=O)(c1ccccc1)N1CCN([C@H]2C[C@H]3CC[C@@H]2C3)CC1. The molecular formula is C17H24N2O2S. The van der Waals surface area contributed by atoms with Crippen molar-refractivity contribution in [2.45, 2.75) is 36.6 Å². The highest BCUT2D eigenvalue weighted by molar-refractivity contribution is 7.89. The normalized spacial score (nSPS) is 33.4. The molecule has 1 aliphatic heterocycles. The van der Waals surface area contributed by atoms with Gasteiger partial charge in [0.2, 0.25) is 10.0 Å². The number of sulfonamides is 1. The van der Waals surface area contributed by atoms with Crippen LogP contribution >= 0.6 is 0 Å². The zero-order valence-electron chi connectivity index (χ0n) is 12.9. The predicted molar refractivity (Wildman–Crippen MR) is 86.0 cm³/mol. The van der Waals surface area contributed by atoms with Gasteiger partial charge in [0.1, 0.15) is 0 Å². The average Bonchev–Trinajstić information content (AvgIpc) is 3.19. The van der Waals surface area contributed by atoms with Gasteiger partial charge in [-0.2, -0.15) is 4.31 Å². The van der Waals surface area contributed by atoms with Crippen LogP contribution in [0.1, 0.15) is 25.7 Å². The summed E-state index contributed by atoms with van der Waals surface area (Å²) in [6.45, 7) is 3.04. The van der Waals surface area contributed by atoms with E-state index in [0.29, 0.717) is 18.0 Å². The Hall–Kier alpha value is -0.910. The Morgan fingerprint density at radius 3 is 2.23 bits per heavy atom. The smallest absolute Gasteiger partial charge is 0.243 e. The fourth-order valence-electron chi connectivity index (χ4n) is 4.68. The highest BCUT2D eigenvalue weighted by Gasteiger charge is 2.43. The molecule has 0 spiro atoms. The summed E-state index contributed by atoms with van der Waals surface area (Å²) >= 11 is 0. The first kappa shape index (κ1) is 14.7. The molecule has 1 heterocycles. The summed E-state index contributed by atoms with van der Waals surface area (Å²) in [6.07, 6.45) is 5.56. The van der Waals surface area contributed by atoms with Crippen molar-refractivity contribution in [3.8, 4) is 0 Å². The molecule has 5 heteroatoms. The van der Waals surface area contributed by atoms with E-state index in [1.165, 1.54) is 25.7 Å². The van der Waals surface area contributed by atoms with Crippen LogP contribution in [-0.2, 0) is 10.0 Å². The van der Waals surface area contributed by atoms with E-state index in [1.807, 2.05) is 6.07 Å². The van der Waals surface area contributed by atoms with Gasteiger partial charge < -0.3 is 0 Å². The Bertz CT molecular complexity index is 623. The summed E-state index contributed by atoms with van der Waals surface area (Å²) in [5.41, 5.74) is 0. The number of nitrogens with zero attached hydrogens (tertiary/aromatic N) is 2. The van der Waals surface area contributed by atoms with Crippen molar-refractivity contribution in [3.63, 3.8) is 0 Å². The molecule has 1 aromatic rings. The first-order valence-corrected chi connectivity index (χ1v) is 9.88. The highest BCUT2D eigenvalue weighted by atomic mass is 32.2. The second-order valence-corrected chi connectivity index (χ2v) is 8.93. The Morgan fingerprint density at radius 1 is 0.909 bits per heavy atom. The Labute approximate surface area is 133 Å². The van der Waals surface area contributed by atoms with Gasteiger partial charge in [-0.3, -0.25) is 4.90 Å². The van der Waals surface area contributed by atoms with Crippen molar-refractivity contribution < 1.29 is 8.42 Å². The summed E-state index contributed by atoms with van der Waals surface area (Å²) in [5.74, 6) is 1.82. The van der Waals surface area contributed by atoms with Crippen LogP contribution in [0.2, 0.25) is 0 Å². The average molecular weight is 320 g/mol. The van der Waals surface area contributed by atoms with Crippen molar-refractivity contribution >= 4 is 10.0 Å². The largest absolute Gasteiger partial charge is 0.297 e. The Kier molecular flexibility index (Phi) is 3.75. The minimum absolute atomic E-state index is 0.420. The first-order valence-electron chi connectivity index (χ1n) is 8.44. The molecule has 0 aromatic heterocycles. The topological polar surface area (TPSA) is 40.6 Å². The van der Waals surface area contributed by atoms with Gasteiger partial charge >= 0.3 is 0 Å². The van der Waals surface area contributed by atoms with Crippen LogP contribution in [0.4, 0.5) is 0 Å². The number of rotatable bonds is 3. The lowest BCUT2D eigenvalue weighted by Gasteiger charge is -2.40. The van der Waals surface area contributed by atoms with Gasteiger partial charge in [-0.05, 0) is 43.2 Å². The highest BCUT2D eigenvalue weighted by Crippen LogP contribution is 2.46. The molecule has 4 rings (SSSR count). The minimum Gasteiger partial charge on any atom is -0.297 e. The number of fused-ring (bicyclic) bond motifs is 2. The monoisotopic (exact) mass is 320 g/mol. The van der Waals surface area contributed by atoms with E-state index in [9.17, 15) is 8.42 Å². The first-order chi connectivity index (χ1) is 10.6. The quantitative estimate of drug-likeness (QED) is 0.857. The molecule has 22 heavy (non-hydrogen) atoms. The van der Waals surface area contributed by atoms with Gasteiger partial charge in [0.05, 0.1) is 4.90 Å². The van der Waals surface area contributed by atoms with Crippen LogP contribution in [0, 0.1) is 11.8 Å². The second kappa shape index (κ2) is 5.62. The molecule has 3 fully saturated rings. The molecule has 2 aliphatic carbocycles. The summed E-state index contributed by atoms with van der Waals surface area (Å²) in [4.78, 5) is 2.98. The number of hydrogen-bond donors (Lipinski definition) is 0. The van der Waals surface area contributed by atoms with Crippen molar-refractivity contribution in [1.29, 1.82) is 0 Å². The lowest BCUT2D eigenvalue weighted by molar-refractivity contribution is 0.101. The molecule has 0 radical (unpaired) electrons. The molecule has 3 atom stereocenters. The lowest BCUT2D eigenvalue weighted by atomic mass is 9.93. The number of benzene rings is 1. The van der Waals surface area contributed by atoms with Crippen LogP contribution in [0.3, 0.4) is 0 Å². The van der Waals surface area contributed by atoms with Crippen molar-refractivity contribution in [1.82, 2.24) is 9.21 Å². The third-order valence-electron chi connectivity index (χ3n) is 5.82. The number of hydrogen-bond acceptors (Lipinski definition) is 3. The molecule has 3 aliphatic rings. The molecule has 2 saturated carbocycles. The van der Waals surface area contributed by atoms with E-state index >= 15 is 0 Å². The third-order valence-corrected chi connectivity index (χ3v) is 7.74. The molecule has 0 unspecified atom stereocenters. The molecule has 0 N–H and O–H groups in total. The van der Waals surface area contributed by atoms with Crippen LogP contribution in [0.15, 0.2) is 35.2 Å². The van der Waals surface area contributed by atoms with Crippen LogP contribution in [0.25, 0.3) is 0 Å². The summed E-state index contributed by atoms with van der Waals surface area (Å²) in [7, 11) is -3.31. The molecule has 1 aromatic carbocycles. The van der Waals surface area contributed by atoms with Crippen molar-refractivity contribution in [2.75, 3.05) is 26.2 Å².